The summed E-state index contributed by atoms with van der Waals surface area (Å²) in [6, 6.07) is 8.34. The molecule has 0 radical (unpaired) electrons. The highest BCUT2D eigenvalue weighted by atomic mass is 32.1. The van der Waals surface area contributed by atoms with Gasteiger partial charge < -0.3 is 5.32 Å². The normalized spacial score (nSPS) is 10.8. The van der Waals surface area contributed by atoms with Crippen LogP contribution in [-0.2, 0) is 0 Å². The molecule has 0 amide bonds. The molecule has 0 aliphatic rings. The van der Waals surface area contributed by atoms with Gasteiger partial charge in [0.1, 0.15) is 16.5 Å². The van der Waals surface area contributed by atoms with E-state index in [0.717, 1.165) is 22.6 Å². The van der Waals surface area contributed by atoms with Crippen LogP contribution in [0.1, 0.15) is 6.92 Å². The molecule has 3 nitrogen and oxygen atoms in total. The van der Waals surface area contributed by atoms with Crippen molar-refractivity contribution in [1.82, 2.24) is 9.97 Å². The molecule has 0 aliphatic heterocycles. The fraction of sp³-hybridized carbons (Fsp3) is 0.143. The summed E-state index contributed by atoms with van der Waals surface area (Å²) in [6.07, 6.45) is 0. The van der Waals surface area contributed by atoms with Gasteiger partial charge in [-0.1, -0.05) is 12.1 Å². The number of nitrogens with zero attached hydrogens (tertiary/aromatic N) is 2. The maximum absolute atomic E-state index is 13.3. The molecular formula is C14H12FN3S. The lowest BCUT2D eigenvalue weighted by Crippen LogP contribution is -2.02. The highest BCUT2D eigenvalue weighted by Gasteiger charge is 2.10. The first-order valence-electron chi connectivity index (χ1n) is 6.03. The molecule has 0 fully saturated rings. The molecule has 0 saturated heterocycles. The molecule has 3 aromatic rings. The van der Waals surface area contributed by atoms with E-state index in [1.54, 1.807) is 17.4 Å². The number of benzene rings is 1. The van der Waals surface area contributed by atoms with Crippen molar-refractivity contribution in [2.24, 2.45) is 0 Å². The third-order valence-electron chi connectivity index (χ3n) is 2.75. The second-order valence-electron chi connectivity index (χ2n) is 4.08. The van der Waals surface area contributed by atoms with Crippen LogP contribution in [-0.4, -0.2) is 16.5 Å². The average Bonchev–Trinajstić information content (AvgIpc) is 2.87. The Hall–Kier alpha value is -2.01. The number of fused-ring (bicyclic) bond motifs is 1. The summed E-state index contributed by atoms with van der Waals surface area (Å²) in [7, 11) is 0. The first kappa shape index (κ1) is 12.0. The van der Waals surface area contributed by atoms with Gasteiger partial charge in [0.25, 0.3) is 0 Å². The number of hydrogen-bond donors (Lipinski definition) is 1. The predicted molar refractivity (Wildman–Crippen MR) is 77.0 cm³/mol. The number of aromatic nitrogens is 2. The number of anilines is 1. The van der Waals surface area contributed by atoms with Crippen LogP contribution in [0.4, 0.5) is 10.2 Å². The highest BCUT2D eigenvalue weighted by molar-refractivity contribution is 7.16. The van der Waals surface area contributed by atoms with Gasteiger partial charge in [0.2, 0.25) is 0 Å². The quantitative estimate of drug-likeness (QED) is 0.785. The van der Waals surface area contributed by atoms with E-state index in [1.807, 2.05) is 24.4 Å². The molecule has 0 spiro atoms. The van der Waals surface area contributed by atoms with E-state index in [1.165, 1.54) is 12.1 Å². The van der Waals surface area contributed by atoms with E-state index in [2.05, 4.69) is 15.3 Å². The average molecular weight is 273 g/mol. The van der Waals surface area contributed by atoms with Crippen LogP contribution in [0.25, 0.3) is 21.6 Å². The van der Waals surface area contributed by atoms with Gasteiger partial charge in [0, 0.05) is 12.1 Å². The minimum absolute atomic E-state index is 0.280. The van der Waals surface area contributed by atoms with Gasteiger partial charge in [-0.3, -0.25) is 0 Å². The van der Waals surface area contributed by atoms with E-state index in [9.17, 15) is 4.39 Å². The lowest BCUT2D eigenvalue weighted by Gasteiger charge is -2.07. The molecule has 0 aliphatic carbocycles. The van der Waals surface area contributed by atoms with Crippen LogP contribution in [0.15, 0.2) is 35.7 Å². The maximum Gasteiger partial charge on any atom is 0.163 e. The first-order valence-corrected chi connectivity index (χ1v) is 6.91. The Labute approximate surface area is 114 Å². The number of rotatable bonds is 3. The molecule has 0 saturated carbocycles. The van der Waals surface area contributed by atoms with Gasteiger partial charge in [0.15, 0.2) is 5.82 Å². The minimum Gasteiger partial charge on any atom is -0.370 e. The topological polar surface area (TPSA) is 37.8 Å². The van der Waals surface area contributed by atoms with Crippen molar-refractivity contribution in [2.75, 3.05) is 11.9 Å². The SMILES string of the molecule is CCNc1nc(-c2cccc(F)c2)nc2sccc12. The molecule has 1 aromatic carbocycles. The number of thiophene rings is 1. The van der Waals surface area contributed by atoms with E-state index in [4.69, 9.17) is 0 Å². The Balaban J connectivity index is 2.18. The standard InChI is InChI=1S/C14H12FN3S/c1-2-16-13-11-6-7-19-14(11)18-12(17-13)9-4-3-5-10(15)8-9/h3-8H,2H2,1H3,(H,16,17,18). The molecule has 0 unspecified atom stereocenters. The van der Waals surface area contributed by atoms with Crippen LogP contribution in [0.5, 0.6) is 0 Å². The Morgan fingerprint density at radius 3 is 2.95 bits per heavy atom. The fourth-order valence-corrected chi connectivity index (χ4v) is 2.68. The van der Waals surface area contributed by atoms with Crippen LogP contribution < -0.4 is 5.32 Å². The zero-order valence-electron chi connectivity index (χ0n) is 10.4. The molecule has 3 rings (SSSR count). The van der Waals surface area contributed by atoms with Gasteiger partial charge in [-0.25, -0.2) is 14.4 Å². The van der Waals surface area contributed by atoms with Gasteiger partial charge in [-0.15, -0.1) is 11.3 Å². The molecule has 96 valence electrons. The lowest BCUT2D eigenvalue weighted by atomic mass is 10.2. The second kappa shape index (κ2) is 4.93. The molecule has 5 heteroatoms. The summed E-state index contributed by atoms with van der Waals surface area (Å²) in [5.41, 5.74) is 0.689. The monoisotopic (exact) mass is 273 g/mol. The van der Waals surface area contributed by atoms with Gasteiger partial charge >= 0.3 is 0 Å². The fourth-order valence-electron chi connectivity index (χ4n) is 1.91. The third kappa shape index (κ3) is 2.29. The maximum atomic E-state index is 13.3. The van der Waals surface area contributed by atoms with Crippen molar-refractivity contribution in [1.29, 1.82) is 0 Å². The molecular weight excluding hydrogens is 261 g/mol. The number of hydrogen-bond acceptors (Lipinski definition) is 4. The van der Waals surface area contributed by atoms with Gasteiger partial charge in [0.05, 0.1) is 5.39 Å². The minimum atomic E-state index is -0.280. The Kier molecular flexibility index (Phi) is 3.13. The Morgan fingerprint density at radius 1 is 1.26 bits per heavy atom. The van der Waals surface area contributed by atoms with Gasteiger partial charge in [-0.05, 0) is 30.5 Å². The van der Waals surface area contributed by atoms with Crippen LogP contribution >= 0.6 is 11.3 Å². The molecule has 1 N–H and O–H groups in total. The second-order valence-corrected chi connectivity index (χ2v) is 4.97. The molecule has 2 aromatic heterocycles. The van der Waals surface area contributed by atoms with Crippen LogP contribution in [0, 0.1) is 5.82 Å². The number of halogens is 1. The molecule has 2 heterocycles. The first-order chi connectivity index (χ1) is 9.28. The van der Waals surface area contributed by atoms with E-state index in [-0.39, 0.29) is 5.82 Å². The van der Waals surface area contributed by atoms with Crippen molar-refractivity contribution >= 4 is 27.4 Å². The van der Waals surface area contributed by atoms with Gasteiger partial charge in [-0.2, -0.15) is 0 Å². The van der Waals surface area contributed by atoms with Crippen molar-refractivity contribution < 1.29 is 4.39 Å². The van der Waals surface area contributed by atoms with Crippen molar-refractivity contribution in [3.8, 4) is 11.4 Å². The summed E-state index contributed by atoms with van der Waals surface area (Å²) in [5.74, 6) is 1.07. The van der Waals surface area contributed by atoms with Crippen LogP contribution in [0.3, 0.4) is 0 Å². The highest BCUT2D eigenvalue weighted by Crippen LogP contribution is 2.28. The largest absolute Gasteiger partial charge is 0.370 e. The van der Waals surface area contributed by atoms with Crippen molar-refractivity contribution in [2.45, 2.75) is 6.92 Å². The Bertz CT molecular complexity index is 724. The lowest BCUT2D eigenvalue weighted by molar-refractivity contribution is 0.628. The molecule has 0 bridgehead atoms. The van der Waals surface area contributed by atoms with E-state index >= 15 is 0 Å². The summed E-state index contributed by atoms with van der Waals surface area (Å²) >= 11 is 1.56. The van der Waals surface area contributed by atoms with E-state index < -0.39 is 0 Å². The Morgan fingerprint density at radius 2 is 2.16 bits per heavy atom. The zero-order chi connectivity index (χ0) is 13.2. The summed E-state index contributed by atoms with van der Waals surface area (Å²) in [6.45, 7) is 2.80. The summed E-state index contributed by atoms with van der Waals surface area (Å²) in [4.78, 5) is 9.89. The van der Waals surface area contributed by atoms with E-state index in [0.29, 0.717) is 11.4 Å². The third-order valence-corrected chi connectivity index (χ3v) is 3.56. The van der Waals surface area contributed by atoms with Crippen LogP contribution in [0.2, 0.25) is 0 Å². The van der Waals surface area contributed by atoms with Crippen molar-refractivity contribution in [3.63, 3.8) is 0 Å². The smallest absolute Gasteiger partial charge is 0.163 e. The molecule has 19 heavy (non-hydrogen) atoms. The number of nitrogens with one attached hydrogen (secondary N) is 1. The van der Waals surface area contributed by atoms with Crippen molar-refractivity contribution in [3.05, 3.63) is 41.5 Å². The summed E-state index contributed by atoms with van der Waals surface area (Å²) < 4.78 is 13.3. The predicted octanol–water partition coefficient (Wildman–Crippen LogP) is 3.93. The summed E-state index contributed by atoms with van der Waals surface area (Å²) in [5, 5.41) is 6.21. The molecule has 0 atom stereocenters. The zero-order valence-corrected chi connectivity index (χ0v) is 11.2.